The molecule has 2 amide bonds. The third kappa shape index (κ3) is 5.36. The van der Waals surface area contributed by atoms with Gasteiger partial charge >= 0.3 is 5.97 Å². The minimum Gasteiger partial charge on any atom is -0.488 e. The Labute approximate surface area is 231 Å². The molecule has 0 spiro atoms. The third-order valence-electron chi connectivity index (χ3n) is 6.29. The standard InChI is InChI=1S/C28H21ClF2N4O5/c1-34-26-20-10-16(29)5-8-23(20)40-14-21(26)25(33-34)27(37)35(12-15-3-2-4-17(30)9-15)13-24(36)32-22-11-18(31)6-7-19(22)28(38)39/h2-11H,12-14H2,1H3,(H,32,36)(H,38,39). The van der Waals surface area contributed by atoms with Gasteiger partial charge < -0.3 is 20.1 Å². The van der Waals surface area contributed by atoms with Crippen LogP contribution in [0.25, 0.3) is 11.3 Å². The second kappa shape index (κ2) is 10.8. The Hall–Kier alpha value is -4.77. The summed E-state index contributed by atoms with van der Waals surface area (Å²) < 4.78 is 35.1. The minimum atomic E-state index is -1.37. The molecule has 1 aliphatic heterocycles. The molecule has 1 aromatic heterocycles. The summed E-state index contributed by atoms with van der Waals surface area (Å²) in [5.74, 6) is -3.53. The van der Waals surface area contributed by atoms with Crippen LogP contribution in [0.1, 0.15) is 32.0 Å². The van der Waals surface area contributed by atoms with E-state index in [0.717, 1.165) is 23.1 Å². The fourth-order valence-electron chi connectivity index (χ4n) is 4.55. The number of rotatable bonds is 7. The molecule has 0 radical (unpaired) electrons. The van der Waals surface area contributed by atoms with Gasteiger partial charge in [0.2, 0.25) is 5.91 Å². The van der Waals surface area contributed by atoms with E-state index in [2.05, 4.69) is 10.4 Å². The molecule has 0 bridgehead atoms. The molecule has 2 heterocycles. The van der Waals surface area contributed by atoms with Gasteiger partial charge in [-0.2, -0.15) is 5.10 Å². The van der Waals surface area contributed by atoms with Crippen LogP contribution in [0.4, 0.5) is 14.5 Å². The highest BCUT2D eigenvalue weighted by molar-refractivity contribution is 6.31. The van der Waals surface area contributed by atoms with E-state index in [1.807, 2.05) is 0 Å². The van der Waals surface area contributed by atoms with Crippen LogP contribution in [0.15, 0.2) is 60.7 Å². The van der Waals surface area contributed by atoms with Crippen LogP contribution in [0.5, 0.6) is 5.75 Å². The van der Waals surface area contributed by atoms with E-state index in [1.54, 1.807) is 31.3 Å². The van der Waals surface area contributed by atoms with Gasteiger partial charge in [-0.15, -0.1) is 0 Å². The first-order valence-corrected chi connectivity index (χ1v) is 12.3. The van der Waals surface area contributed by atoms with E-state index < -0.39 is 36.0 Å². The molecule has 1 aliphatic rings. The van der Waals surface area contributed by atoms with Crippen molar-refractivity contribution < 1.29 is 33.0 Å². The number of benzene rings is 3. The Bertz CT molecular complexity index is 1670. The van der Waals surface area contributed by atoms with Crippen molar-refractivity contribution in [1.82, 2.24) is 14.7 Å². The summed E-state index contributed by atoms with van der Waals surface area (Å²) in [5.41, 5.74) is 1.56. The molecule has 5 rings (SSSR count). The summed E-state index contributed by atoms with van der Waals surface area (Å²) in [5, 5.41) is 16.6. The fourth-order valence-corrected chi connectivity index (χ4v) is 4.72. The summed E-state index contributed by atoms with van der Waals surface area (Å²) >= 11 is 6.19. The number of hydrogen-bond acceptors (Lipinski definition) is 5. The number of ether oxygens (including phenoxy) is 1. The highest BCUT2D eigenvalue weighted by atomic mass is 35.5. The molecule has 40 heavy (non-hydrogen) atoms. The second-order valence-corrected chi connectivity index (χ2v) is 9.50. The van der Waals surface area contributed by atoms with Gasteiger partial charge in [0.05, 0.1) is 16.9 Å². The van der Waals surface area contributed by atoms with Crippen molar-refractivity contribution in [2.45, 2.75) is 13.2 Å². The Balaban J connectivity index is 1.49. The maximum atomic E-state index is 13.9. The molecule has 0 atom stereocenters. The monoisotopic (exact) mass is 566 g/mol. The van der Waals surface area contributed by atoms with Crippen molar-refractivity contribution in [3.8, 4) is 17.0 Å². The van der Waals surface area contributed by atoms with Crippen molar-refractivity contribution in [2.24, 2.45) is 7.05 Å². The highest BCUT2D eigenvalue weighted by Gasteiger charge is 2.32. The summed E-state index contributed by atoms with van der Waals surface area (Å²) in [4.78, 5) is 39.6. The zero-order chi connectivity index (χ0) is 28.6. The van der Waals surface area contributed by atoms with Crippen LogP contribution in [-0.2, 0) is 25.0 Å². The molecular formula is C28H21ClF2N4O5. The predicted octanol–water partition coefficient (Wildman–Crippen LogP) is 4.89. The smallest absolute Gasteiger partial charge is 0.337 e. The van der Waals surface area contributed by atoms with Crippen LogP contribution in [-0.4, -0.2) is 44.1 Å². The number of hydrogen-bond donors (Lipinski definition) is 2. The molecule has 0 aliphatic carbocycles. The largest absolute Gasteiger partial charge is 0.488 e. The van der Waals surface area contributed by atoms with Crippen molar-refractivity contribution in [2.75, 3.05) is 11.9 Å². The maximum absolute atomic E-state index is 13.9. The van der Waals surface area contributed by atoms with Crippen LogP contribution in [0.2, 0.25) is 5.02 Å². The fraction of sp³-hybridized carbons (Fsp3) is 0.143. The normalized spacial score (nSPS) is 11.7. The van der Waals surface area contributed by atoms with Gasteiger partial charge in [-0.3, -0.25) is 14.3 Å². The summed E-state index contributed by atoms with van der Waals surface area (Å²) in [7, 11) is 1.66. The van der Waals surface area contributed by atoms with Crippen LogP contribution >= 0.6 is 11.6 Å². The van der Waals surface area contributed by atoms with Gasteiger partial charge in [0.1, 0.15) is 30.5 Å². The van der Waals surface area contributed by atoms with E-state index in [1.165, 1.54) is 22.9 Å². The number of aryl methyl sites for hydroxylation is 1. The number of fused-ring (bicyclic) bond motifs is 3. The van der Waals surface area contributed by atoms with E-state index >= 15 is 0 Å². The molecule has 0 saturated heterocycles. The van der Waals surface area contributed by atoms with Crippen LogP contribution in [0.3, 0.4) is 0 Å². The lowest BCUT2D eigenvalue weighted by molar-refractivity contribution is -0.117. The average molecular weight is 567 g/mol. The number of halogens is 3. The van der Waals surface area contributed by atoms with Crippen LogP contribution in [0, 0.1) is 11.6 Å². The molecule has 2 N–H and O–H groups in total. The molecule has 0 unspecified atom stereocenters. The van der Waals surface area contributed by atoms with Gasteiger partial charge in [-0.05, 0) is 54.1 Å². The van der Waals surface area contributed by atoms with Crippen LogP contribution < -0.4 is 10.1 Å². The zero-order valence-electron chi connectivity index (χ0n) is 21.0. The number of amides is 2. The molecule has 0 saturated carbocycles. The summed E-state index contributed by atoms with van der Waals surface area (Å²) in [6.45, 7) is -0.711. The minimum absolute atomic E-state index is 0.0179. The SMILES string of the molecule is Cn1nc(C(=O)N(CC(=O)Nc2cc(F)ccc2C(=O)O)Cc2cccc(F)c2)c2c1-c1cc(Cl)ccc1OC2. The molecule has 4 aromatic rings. The number of carbonyl (C=O) groups excluding carboxylic acids is 2. The van der Waals surface area contributed by atoms with Crippen molar-refractivity contribution >= 4 is 35.1 Å². The lowest BCUT2D eigenvalue weighted by atomic mass is 10.0. The Kier molecular flexibility index (Phi) is 7.22. The van der Waals surface area contributed by atoms with Crippen molar-refractivity contribution in [3.63, 3.8) is 0 Å². The second-order valence-electron chi connectivity index (χ2n) is 9.06. The lowest BCUT2D eigenvalue weighted by Crippen LogP contribution is -2.38. The lowest BCUT2D eigenvalue weighted by Gasteiger charge is -2.23. The first-order valence-electron chi connectivity index (χ1n) is 12.0. The number of carbonyl (C=O) groups is 3. The molecule has 12 heteroatoms. The Morgan fingerprint density at radius 1 is 1.10 bits per heavy atom. The van der Waals surface area contributed by atoms with E-state index in [9.17, 15) is 28.3 Å². The summed E-state index contributed by atoms with van der Waals surface area (Å²) in [6.07, 6.45) is 0. The quantitative estimate of drug-likeness (QED) is 0.329. The predicted molar refractivity (Wildman–Crippen MR) is 141 cm³/mol. The average Bonchev–Trinajstić information content (AvgIpc) is 3.24. The first-order chi connectivity index (χ1) is 19.1. The number of nitrogens with zero attached hydrogens (tertiary/aromatic N) is 3. The number of carboxylic acid groups (broad SMARTS) is 1. The third-order valence-corrected chi connectivity index (χ3v) is 6.52. The molecule has 3 aromatic carbocycles. The zero-order valence-corrected chi connectivity index (χ0v) is 21.7. The number of carboxylic acids is 1. The van der Waals surface area contributed by atoms with Crippen molar-refractivity contribution in [1.29, 1.82) is 0 Å². The molecular weight excluding hydrogens is 546 g/mol. The first kappa shape index (κ1) is 26.8. The van der Waals surface area contributed by atoms with Crippen molar-refractivity contribution in [3.05, 3.63) is 99.7 Å². The van der Waals surface area contributed by atoms with E-state index in [4.69, 9.17) is 16.3 Å². The van der Waals surface area contributed by atoms with Gasteiger partial charge in [0.15, 0.2) is 5.69 Å². The summed E-state index contributed by atoms with van der Waals surface area (Å²) in [6, 6.07) is 13.5. The van der Waals surface area contributed by atoms with Gasteiger partial charge in [0, 0.05) is 29.7 Å². The number of aromatic nitrogens is 2. The topological polar surface area (TPSA) is 114 Å². The van der Waals surface area contributed by atoms with E-state index in [0.29, 0.717) is 33.2 Å². The number of aromatic carboxylic acids is 1. The van der Waals surface area contributed by atoms with E-state index in [-0.39, 0.29) is 30.1 Å². The Morgan fingerprint density at radius 2 is 1.88 bits per heavy atom. The highest BCUT2D eigenvalue weighted by Crippen LogP contribution is 2.40. The molecule has 9 nitrogen and oxygen atoms in total. The molecule has 204 valence electrons. The Morgan fingerprint density at radius 3 is 2.62 bits per heavy atom. The number of anilines is 1. The molecule has 0 fully saturated rings. The van der Waals surface area contributed by atoms with Gasteiger partial charge in [-0.25, -0.2) is 13.6 Å². The van der Waals surface area contributed by atoms with Gasteiger partial charge in [0.25, 0.3) is 5.91 Å². The maximum Gasteiger partial charge on any atom is 0.337 e. The number of nitrogens with one attached hydrogen (secondary N) is 1. The van der Waals surface area contributed by atoms with Gasteiger partial charge in [-0.1, -0.05) is 23.7 Å².